The van der Waals surface area contributed by atoms with Crippen molar-refractivity contribution < 1.29 is 14.6 Å². The van der Waals surface area contributed by atoms with E-state index < -0.39 is 0 Å². The summed E-state index contributed by atoms with van der Waals surface area (Å²) in [6.45, 7) is -0.399. The van der Waals surface area contributed by atoms with Gasteiger partial charge in [0, 0.05) is 10.9 Å². The van der Waals surface area contributed by atoms with Gasteiger partial charge < -0.3 is 14.6 Å². The molecule has 0 unspecified atom stereocenters. The van der Waals surface area contributed by atoms with E-state index in [1.807, 2.05) is 0 Å². The maximum Gasteiger partial charge on any atom is 0.153 e. The quantitative estimate of drug-likeness (QED) is 0.801. The second-order valence-corrected chi connectivity index (χ2v) is 3.34. The predicted octanol–water partition coefficient (Wildman–Crippen LogP) is 2.07. The molecular formula is C10H9ClO3. The van der Waals surface area contributed by atoms with E-state index in [0.29, 0.717) is 21.9 Å². The van der Waals surface area contributed by atoms with E-state index in [2.05, 4.69) is 0 Å². The molecule has 0 bridgehead atoms. The molecule has 0 atom stereocenters. The van der Waals surface area contributed by atoms with E-state index in [9.17, 15) is 0 Å². The Morgan fingerprint density at radius 2 is 2.00 bits per heavy atom. The number of furan rings is 1. The highest BCUT2D eigenvalue weighted by Crippen LogP contribution is 2.31. The average Bonchev–Trinajstić information content (AvgIpc) is 2.57. The molecule has 0 fully saturated rings. The van der Waals surface area contributed by atoms with Gasteiger partial charge in [-0.2, -0.15) is 0 Å². The van der Waals surface area contributed by atoms with Crippen molar-refractivity contribution in [1.29, 1.82) is 0 Å². The predicted molar refractivity (Wildman–Crippen MR) is 53.1 cm³/mol. The van der Waals surface area contributed by atoms with Gasteiger partial charge in [0.1, 0.15) is 12.4 Å². The average molecular weight is 213 g/mol. The van der Waals surface area contributed by atoms with Gasteiger partial charge in [-0.15, -0.1) is 0 Å². The zero-order chi connectivity index (χ0) is 10.1. The molecule has 0 aliphatic rings. The highest BCUT2D eigenvalue weighted by Gasteiger charge is 2.13. The van der Waals surface area contributed by atoms with Crippen LogP contribution in [0.25, 0.3) is 11.0 Å². The van der Waals surface area contributed by atoms with Crippen LogP contribution >= 0.6 is 11.6 Å². The summed E-state index contributed by atoms with van der Waals surface area (Å²) < 4.78 is 5.33. The summed E-state index contributed by atoms with van der Waals surface area (Å²) in [5.41, 5.74) is 1.12. The molecule has 2 rings (SSSR count). The van der Waals surface area contributed by atoms with Crippen molar-refractivity contribution in [3.05, 3.63) is 34.5 Å². The van der Waals surface area contributed by atoms with Crippen molar-refractivity contribution in [3.8, 4) is 0 Å². The first-order valence-electron chi connectivity index (χ1n) is 4.18. The molecule has 74 valence electrons. The fourth-order valence-corrected chi connectivity index (χ4v) is 1.70. The van der Waals surface area contributed by atoms with Crippen molar-refractivity contribution in [2.45, 2.75) is 13.2 Å². The summed E-state index contributed by atoms with van der Waals surface area (Å²) >= 11 is 5.90. The Balaban J connectivity index is 2.79. The number of para-hydroxylation sites is 1. The monoisotopic (exact) mass is 212 g/mol. The smallest absolute Gasteiger partial charge is 0.153 e. The number of fused-ring (bicyclic) bond motifs is 1. The zero-order valence-corrected chi connectivity index (χ0v) is 8.08. The van der Waals surface area contributed by atoms with Crippen LogP contribution in [0.15, 0.2) is 22.6 Å². The Morgan fingerprint density at radius 3 is 2.64 bits per heavy atom. The molecule has 0 saturated carbocycles. The summed E-state index contributed by atoms with van der Waals surface area (Å²) in [4.78, 5) is 0. The fraction of sp³-hybridized carbons (Fsp3) is 0.200. The highest BCUT2D eigenvalue weighted by molar-refractivity contribution is 6.34. The summed E-state index contributed by atoms with van der Waals surface area (Å²) in [5, 5.41) is 19.3. The Bertz CT molecular complexity index is 462. The zero-order valence-electron chi connectivity index (χ0n) is 7.33. The minimum absolute atomic E-state index is 0.163. The van der Waals surface area contributed by atoms with Gasteiger partial charge in [0.15, 0.2) is 5.58 Å². The van der Waals surface area contributed by atoms with E-state index in [0.717, 1.165) is 5.39 Å². The van der Waals surface area contributed by atoms with Gasteiger partial charge in [-0.3, -0.25) is 0 Å². The first-order chi connectivity index (χ1) is 6.77. The Hall–Kier alpha value is -1.03. The fourth-order valence-electron chi connectivity index (χ4n) is 1.49. The number of benzene rings is 1. The number of aliphatic hydroxyl groups excluding tert-OH is 2. The molecule has 0 spiro atoms. The largest absolute Gasteiger partial charge is 0.457 e. The molecule has 14 heavy (non-hydrogen) atoms. The third-order valence-electron chi connectivity index (χ3n) is 2.16. The lowest BCUT2D eigenvalue weighted by Gasteiger charge is -1.93. The molecule has 2 aromatic rings. The molecule has 1 heterocycles. The Kier molecular flexibility index (Phi) is 2.46. The van der Waals surface area contributed by atoms with E-state index in [-0.39, 0.29) is 13.2 Å². The molecule has 0 aliphatic heterocycles. The molecule has 2 N–H and O–H groups in total. The third kappa shape index (κ3) is 1.30. The van der Waals surface area contributed by atoms with E-state index in [4.69, 9.17) is 26.2 Å². The topological polar surface area (TPSA) is 53.6 Å². The second kappa shape index (κ2) is 3.61. The van der Waals surface area contributed by atoms with Crippen LogP contribution < -0.4 is 0 Å². The first kappa shape index (κ1) is 9.52. The number of hydrogen-bond acceptors (Lipinski definition) is 3. The Labute approximate surface area is 85.5 Å². The van der Waals surface area contributed by atoms with Crippen LogP contribution in [0.5, 0.6) is 0 Å². The van der Waals surface area contributed by atoms with Gasteiger partial charge >= 0.3 is 0 Å². The minimum atomic E-state index is -0.235. The van der Waals surface area contributed by atoms with Crippen LogP contribution in [0.4, 0.5) is 0 Å². The Morgan fingerprint density at radius 1 is 1.21 bits per heavy atom. The van der Waals surface area contributed by atoms with Crippen molar-refractivity contribution in [3.63, 3.8) is 0 Å². The van der Waals surface area contributed by atoms with Gasteiger partial charge in [-0.05, 0) is 6.07 Å². The van der Waals surface area contributed by atoms with Crippen LogP contribution in [0.2, 0.25) is 5.02 Å². The molecule has 0 saturated heterocycles. The normalized spacial score (nSPS) is 11.1. The van der Waals surface area contributed by atoms with Crippen LogP contribution in [0.3, 0.4) is 0 Å². The van der Waals surface area contributed by atoms with Gasteiger partial charge in [0.25, 0.3) is 0 Å². The van der Waals surface area contributed by atoms with Crippen molar-refractivity contribution >= 4 is 22.6 Å². The highest BCUT2D eigenvalue weighted by atomic mass is 35.5. The summed E-state index contributed by atoms with van der Waals surface area (Å²) in [5.74, 6) is 0.371. The number of aliphatic hydroxyl groups is 2. The summed E-state index contributed by atoms with van der Waals surface area (Å²) in [7, 11) is 0. The second-order valence-electron chi connectivity index (χ2n) is 2.94. The minimum Gasteiger partial charge on any atom is -0.457 e. The molecule has 1 aromatic carbocycles. The lowest BCUT2D eigenvalue weighted by atomic mass is 10.1. The maximum absolute atomic E-state index is 9.11. The molecular weight excluding hydrogens is 204 g/mol. The van der Waals surface area contributed by atoms with Crippen molar-refractivity contribution in [2.75, 3.05) is 0 Å². The van der Waals surface area contributed by atoms with Crippen molar-refractivity contribution in [2.24, 2.45) is 0 Å². The van der Waals surface area contributed by atoms with E-state index >= 15 is 0 Å². The molecule has 4 heteroatoms. The SMILES string of the molecule is OCc1oc2c(Cl)cccc2c1CO. The number of hydrogen-bond donors (Lipinski definition) is 2. The van der Waals surface area contributed by atoms with E-state index in [1.165, 1.54) is 0 Å². The summed E-state index contributed by atoms with van der Waals surface area (Å²) in [6.07, 6.45) is 0. The third-order valence-corrected chi connectivity index (χ3v) is 2.45. The standard InChI is InChI=1S/C10H9ClO3/c11-8-3-1-2-6-7(4-12)9(5-13)14-10(6)8/h1-3,12-13H,4-5H2. The molecule has 3 nitrogen and oxygen atoms in total. The van der Waals surface area contributed by atoms with E-state index in [1.54, 1.807) is 18.2 Å². The van der Waals surface area contributed by atoms with Crippen LogP contribution in [0, 0.1) is 0 Å². The van der Waals surface area contributed by atoms with Gasteiger partial charge in [0.05, 0.1) is 11.6 Å². The maximum atomic E-state index is 9.11. The van der Waals surface area contributed by atoms with Gasteiger partial charge in [-0.1, -0.05) is 23.7 Å². The molecule has 0 aliphatic carbocycles. The molecule has 0 radical (unpaired) electrons. The lowest BCUT2D eigenvalue weighted by Crippen LogP contribution is -1.88. The molecule has 1 aromatic heterocycles. The lowest BCUT2D eigenvalue weighted by molar-refractivity contribution is 0.236. The molecule has 0 amide bonds. The first-order valence-corrected chi connectivity index (χ1v) is 4.56. The van der Waals surface area contributed by atoms with Crippen LogP contribution in [-0.2, 0) is 13.2 Å². The van der Waals surface area contributed by atoms with Crippen LogP contribution in [-0.4, -0.2) is 10.2 Å². The van der Waals surface area contributed by atoms with Crippen LogP contribution in [0.1, 0.15) is 11.3 Å². The summed E-state index contributed by atoms with van der Waals surface area (Å²) in [6, 6.07) is 5.28. The number of rotatable bonds is 2. The van der Waals surface area contributed by atoms with Crippen molar-refractivity contribution in [1.82, 2.24) is 0 Å². The van der Waals surface area contributed by atoms with Gasteiger partial charge in [-0.25, -0.2) is 0 Å². The number of halogens is 1. The van der Waals surface area contributed by atoms with Gasteiger partial charge in [0.2, 0.25) is 0 Å².